The van der Waals surface area contributed by atoms with Gasteiger partial charge in [-0.15, -0.1) is 0 Å². The van der Waals surface area contributed by atoms with E-state index in [1.54, 1.807) is 6.07 Å². The molecule has 0 amide bonds. The molecule has 0 fully saturated rings. The fourth-order valence-corrected chi connectivity index (χ4v) is 3.22. The molecule has 0 saturated heterocycles. The number of phenols is 1. The lowest BCUT2D eigenvalue weighted by Crippen LogP contribution is -2.29. The maximum atomic E-state index is 12.8. The Labute approximate surface area is 139 Å². The fraction of sp³-hybridized carbons (Fsp3) is 0.211. The minimum atomic E-state index is -0.516. The number of carbonyl (C=O) groups is 1. The van der Waals surface area contributed by atoms with Gasteiger partial charge in [-0.25, -0.2) is 0 Å². The first-order chi connectivity index (χ1) is 11.3. The molecular formula is C19H17NO4. The third-order valence-corrected chi connectivity index (χ3v) is 4.36. The van der Waals surface area contributed by atoms with Crippen LogP contribution in [0, 0.1) is 10.1 Å². The van der Waals surface area contributed by atoms with Crippen LogP contribution in [-0.4, -0.2) is 15.8 Å². The largest absolute Gasteiger partial charge is 0.508 e. The van der Waals surface area contributed by atoms with E-state index in [1.807, 2.05) is 32.0 Å². The molecule has 0 bridgehead atoms. The average Bonchev–Trinajstić information content (AvgIpc) is 2.52. The van der Waals surface area contributed by atoms with Crippen molar-refractivity contribution in [2.75, 3.05) is 0 Å². The van der Waals surface area contributed by atoms with Gasteiger partial charge in [-0.1, -0.05) is 38.1 Å². The Morgan fingerprint density at radius 3 is 2.62 bits per heavy atom. The zero-order chi connectivity index (χ0) is 17.5. The standard InChI is InChI=1S/C19H17NO4/c1-19(2)11-13(18(22)15-5-3-4-6-16(15)19)9-12-10-14(21)7-8-17(12)20(23)24/h3-10,21H,11H2,1-2H3. The van der Waals surface area contributed by atoms with Gasteiger partial charge in [0.05, 0.1) is 10.5 Å². The van der Waals surface area contributed by atoms with E-state index in [1.165, 1.54) is 24.3 Å². The molecule has 24 heavy (non-hydrogen) atoms. The Kier molecular flexibility index (Phi) is 3.72. The number of nitrogens with zero attached hydrogens (tertiary/aromatic N) is 1. The first-order valence-electron chi connectivity index (χ1n) is 7.62. The summed E-state index contributed by atoms with van der Waals surface area (Å²) in [7, 11) is 0. The molecule has 5 nitrogen and oxygen atoms in total. The van der Waals surface area contributed by atoms with E-state index in [-0.39, 0.29) is 28.2 Å². The van der Waals surface area contributed by atoms with Crippen molar-refractivity contribution in [3.05, 3.63) is 74.8 Å². The monoisotopic (exact) mass is 323 g/mol. The molecule has 2 aromatic carbocycles. The van der Waals surface area contributed by atoms with Crippen molar-refractivity contribution in [1.29, 1.82) is 0 Å². The number of benzene rings is 2. The van der Waals surface area contributed by atoms with Crippen LogP contribution in [0.1, 0.15) is 41.8 Å². The Bertz CT molecular complexity index is 881. The molecule has 2 aromatic rings. The predicted octanol–water partition coefficient (Wildman–Crippen LogP) is 4.25. The number of allylic oxidation sites excluding steroid dienone is 1. The first-order valence-corrected chi connectivity index (χ1v) is 7.62. The minimum Gasteiger partial charge on any atom is -0.508 e. The van der Waals surface area contributed by atoms with E-state index in [9.17, 15) is 20.0 Å². The van der Waals surface area contributed by atoms with Crippen molar-refractivity contribution in [1.82, 2.24) is 0 Å². The average molecular weight is 323 g/mol. The second-order valence-corrected chi connectivity index (χ2v) is 6.61. The number of Topliss-reactive ketones (excluding diaryl/α,β-unsaturated/α-hetero) is 1. The number of phenolic OH excluding ortho intramolecular Hbond substituents is 1. The van der Waals surface area contributed by atoms with E-state index >= 15 is 0 Å². The Balaban J connectivity index is 2.15. The van der Waals surface area contributed by atoms with Crippen LogP contribution in [0.15, 0.2) is 48.0 Å². The molecule has 1 N–H and O–H groups in total. The van der Waals surface area contributed by atoms with Crippen molar-refractivity contribution >= 4 is 17.5 Å². The molecule has 0 radical (unpaired) electrons. The molecule has 0 aliphatic heterocycles. The first kappa shape index (κ1) is 15.9. The molecule has 0 unspecified atom stereocenters. The summed E-state index contributed by atoms with van der Waals surface area (Å²) in [6, 6.07) is 11.3. The normalized spacial score (nSPS) is 17.6. The predicted molar refractivity (Wildman–Crippen MR) is 91.2 cm³/mol. The summed E-state index contributed by atoms with van der Waals surface area (Å²) in [5, 5.41) is 20.8. The van der Waals surface area contributed by atoms with Gasteiger partial charge in [0.1, 0.15) is 5.75 Å². The molecule has 5 heteroatoms. The van der Waals surface area contributed by atoms with E-state index in [0.717, 1.165) is 5.56 Å². The molecule has 0 heterocycles. The highest BCUT2D eigenvalue weighted by molar-refractivity contribution is 6.14. The maximum Gasteiger partial charge on any atom is 0.276 e. The number of fused-ring (bicyclic) bond motifs is 1. The van der Waals surface area contributed by atoms with E-state index in [2.05, 4.69) is 0 Å². The molecule has 1 aliphatic carbocycles. The molecule has 0 atom stereocenters. The summed E-state index contributed by atoms with van der Waals surface area (Å²) in [5.41, 5.74) is 1.97. The van der Waals surface area contributed by atoms with Crippen molar-refractivity contribution < 1.29 is 14.8 Å². The van der Waals surface area contributed by atoms with Crippen molar-refractivity contribution in [2.24, 2.45) is 0 Å². The molecule has 0 saturated carbocycles. The number of hydrogen-bond acceptors (Lipinski definition) is 4. The number of hydrogen-bond donors (Lipinski definition) is 1. The second kappa shape index (κ2) is 5.60. The van der Waals surface area contributed by atoms with Gasteiger partial charge in [-0.2, -0.15) is 0 Å². The summed E-state index contributed by atoms with van der Waals surface area (Å²) in [4.78, 5) is 23.5. The number of carbonyl (C=O) groups excluding carboxylic acids is 1. The van der Waals surface area contributed by atoms with Gasteiger partial charge in [-0.05, 0) is 35.6 Å². The number of ketones is 1. The quantitative estimate of drug-likeness (QED) is 0.509. The van der Waals surface area contributed by atoms with Crippen LogP contribution in [0.3, 0.4) is 0 Å². The molecule has 122 valence electrons. The lowest BCUT2D eigenvalue weighted by molar-refractivity contribution is -0.385. The van der Waals surface area contributed by atoms with Gasteiger partial charge in [-0.3, -0.25) is 14.9 Å². The van der Waals surface area contributed by atoms with Crippen molar-refractivity contribution in [3.63, 3.8) is 0 Å². The SMILES string of the molecule is CC1(C)CC(=Cc2cc(O)ccc2[N+](=O)[O-])C(=O)c2ccccc21. The number of nitro groups is 1. The van der Waals surface area contributed by atoms with Crippen LogP contribution in [0.2, 0.25) is 0 Å². The summed E-state index contributed by atoms with van der Waals surface area (Å²) >= 11 is 0. The highest BCUT2D eigenvalue weighted by Gasteiger charge is 2.34. The molecule has 3 rings (SSSR count). The van der Waals surface area contributed by atoms with Gasteiger partial charge in [0.25, 0.3) is 5.69 Å². The van der Waals surface area contributed by atoms with E-state index in [4.69, 9.17) is 0 Å². The molecule has 1 aliphatic rings. The number of aromatic hydroxyl groups is 1. The third-order valence-electron chi connectivity index (χ3n) is 4.36. The Morgan fingerprint density at radius 2 is 1.92 bits per heavy atom. The molecule has 0 spiro atoms. The van der Waals surface area contributed by atoms with Gasteiger partial charge in [0.15, 0.2) is 5.78 Å². The lowest BCUT2D eigenvalue weighted by atomic mass is 9.70. The van der Waals surface area contributed by atoms with Gasteiger partial charge in [0.2, 0.25) is 0 Å². The summed E-state index contributed by atoms with van der Waals surface area (Å²) < 4.78 is 0. The van der Waals surface area contributed by atoms with Crippen LogP contribution in [0.5, 0.6) is 5.75 Å². The van der Waals surface area contributed by atoms with Crippen LogP contribution in [0.25, 0.3) is 6.08 Å². The minimum absolute atomic E-state index is 0.0737. The Morgan fingerprint density at radius 1 is 1.21 bits per heavy atom. The summed E-state index contributed by atoms with van der Waals surface area (Å²) in [5.74, 6) is -0.196. The highest BCUT2D eigenvalue weighted by atomic mass is 16.6. The van der Waals surface area contributed by atoms with Gasteiger partial charge in [0, 0.05) is 17.2 Å². The van der Waals surface area contributed by atoms with Gasteiger partial charge >= 0.3 is 0 Å². The van der Waals surface area contributed by atoms with E-state index in [0.29, 0.717) is 17.6 Å². The highest BCUT2D eigenvalue weighted by Crippen LogP contribution is 2.40. The van der Waals surface area contributed by atoms with Crippen LogP contribution < -0.4 is 0 Å². The zero-order valence-corrected chi connectivity index (χ0v) is 13.4. The van der Waals surface area contributed by atoms with Crippen molar-refractivity contribution in [3.8, 4) is 5.75 Å². The van der Waals surface area contributed by atoms with Crippen molar-refractivity contribution in [2.45, 2.75) is 25.7 Å². The molecular weight excluding hydrogens is 306 g/mol. The topological polar surface area (TPSA) is 80.4 Å². The third kappa shape index (κ3) is 2.69. The number of rotatable bonds is 2. The Hall–Kier alpha value is -2.95. The summed E-state index contributed by atoms with van der Waals surface area (Å²) in [6.45, 7) is 4.09. The molecule has 0 aromatic heterocycles. The smallest absolute Gasteiger partial charge is 0.276 e. The van der Waals surface area contributed by atoms with E-state index < -0.39 is 4.92 Å². The van der Waals surface area contributed by atoms with Crippen LogP contribution >= 0.6 is 0 Å². The lowest BCUT2D eigenvalue weighted by Gasteiger charge is -2.33. The van der Waals surface area contributed by atoms with Crippen LogP contribution in [0.4, 0.5) is 5.69 Å². The fourth-order valence-electron chi connectivity index (χ4n) is 3.22. The number of nitro benzene ring substituents is 1. The maximum absolute atomic E-state index is 12.8. The summed E-state index contributed by atoms with van der Waals surface area (Å²) in [6.07, 6.45) is 2.01. The van der Waals surface area contributed by atoms with Crippen LogP contribution in [-0.2, 0) is 5.41 Å². The second-order valence-electron chi connectivity index (χ2n) is 6.61. The zero-order valence-electron chi connectivity index (χ0n) is 13.4. The van der Waals surface area contributed by atoms with Gasteiger partial charge < -0.3 is 5.11 Å².